The lowest BCUT2D eigenvalue weighted by atomic mass is 9.91. The molecule has 1 aliphatic carbocycles. The third kappa shape index (κ3) is 8.81. The molecule has 2 heterocycles. The number of nitrogens with one attached hydrogen (secondary N) is 3. The van der Waals surface area contributed by atoms with Crippen molar-refractivity contribution < 1.29 is 17.5 Å². The van der Waals surface area contributed by atoms with Crippen molar-refractivity contribution in [2.24, 2.45) is 0 Å². The molecule has 1 aliphatic rings. The van der Waals surface area contributed by atoms with Crippen molar-refractivity contribution in [3.63, 3.8) is 0 Å². The molecule has 46 heavy (non-hydrogen) atoms. The van der Waals surface area contributed by atoms with Crippen molar-refractivity contribution in [2.45, 2.75) is 69.8 Å². The summed E-state index contributed by atoms with van der Waals surface area (Å²) in [5.74, 6) is -0.599. The van der Waals surface area contributed by atoms with E-state index >= 15 is 4.39 Å². The number of benzene rings is 2. The van der Waals surface area contributed by atoms with Crippen LogP contribution >= 0.6 is 12.4 Å². The number of fused-ring (bicyclic) bond motifs is 1. The minimum absolute atomic E-state index is 0. The average molecular weight is 673 g/mol. The fraction of sp³-hybridized carbons (Fsp3) is 0.424. The zero-order valence-electron chi connectivity index (χ0n) is 26.3. The van der Waals surface area contributed by atoms with Crippen LogP contribution in [0.4, 0.5) is 16.0 Å². The predicted octanol–water partition coefficient (Wildman–Crippen LogP) is 5.89. The lowest BCUT2D eigenvalue weighted by molar-refractivity contribution is 0.192. The van der Waals surface area contributed by atoms with E-state index in [4.69, 9.17) is 9.72 Å². The third-order valence-corrected chi connectivity index (χ3v) is 9.30. The molecule has 10 nitrogen and oxygen atoms in total. The van der Waals surface area contributed by atoms with Crippen molar-refractivity contribution >= 4 is 45.1 Å². The molecule has 0 spiro atoms. The standard InChI is InChI=1S/C33H41FN6O4S.ClH/c1-22(2)40-31-25(20-36-33(38-31)37-27-13-11-26(12-14-27)35-16-7-17-44-3)18-28(32(40)41)24-10-15-30(29(34)19-24)39-45(42,43)21-23-8-5-4-6-9-23;/h4-6,8-10,15,18-20,22,26-27,35,39H,7,11-14,16-17,21H2,1-3H3,(H,36,37,38);1H. The molecule has 13 heteroatoms. The fourth-order valence-electron chi connectivity index (χ4n) is 5.79. The molecule has 2 aromatic heterocycles. The van der Waals surface area contributed by atoms with E-state index in [2.05, 4.69) is 20.3 Å². The van der Waals surface area contributed by atoms with Gasteiger partial charge in [-0.2, -0.15) is 4.98 Å². The van der Waals surface area contributed by atoms with Gasteiger partial charge >= 0.3 is 0 Å². The highest BCUT2D eigenvalue weighted by Gasteiger charge is 2.23. The SMILES string of the molecule is COCCCNC1CCC(Nc2ncc3cc(-c4ccc(NS(=O)(=O)Cc5ccccc5)c(F)c4)c(=O)n(C(C)C)c3n2)CC1.Cl. The van der Waals surface area contributed by atoms with E-state index < -0.39 is 15.8 Å². The van der Waals surface area contributed by atoms with E-state index in [1.54, 1.807) is 54.3 Å². The van der Waals surface area contributed by atoms with Crippen LogP contribution in [0.5, 0.6) is 0 Å². The largest absolute Gasteiger partial charge is 0.385 e. The third-order valence-electron chi connectivity index (χ3n) is 8.05. The number of anilines is 2. The van der Waals surface area contributed by atoms with Crippen LogP contribution in [0.15, 0.2) is 65.6 Å². The van der Waals surface area contributed by atoms with E-state index in [0.717, 1.165) is 45.3 Å². The Kier molecular flexibility index (Phi) is 12.1. The summed E-state index contributed by atoms with van der Waals surface area (Å²) in [6, 6.07) is 14.9. The summed E-state index contributed by atoms with van der Waals surface area (Å²) in [6.07, 6.45) is 6.77. The monoisotopic (exact) mass is 672 g/mol. The average Bonchev–Trinajstić information content (AvgIpc) is 3.01. The first kappa shape index (κ1) is 35.3. The van der Waals surface area contributed by atoms with E-state index in [9.17, 15) is 13.2 Å². The van der Waals surface area contributed by atoms with Crippen molar-refractivity contribution in [3.05, 3.63) is 82.5 Å². The second-order valence-corrected chi connectivity index (χ2v) is 13.6. The number of rotatable bonds is 13. The quantitative estimate of drug-likeness (QED) is 0.150. The molecule has 0 saturated heterocycles. The van der Waals surface area contributed by atoms with Gasteiger partial charge in [-0.05, 0) is 81.8 Å². The van der Waals surface area contributed by atoms with Gasteiger partial charge in [0.15, 0.2) is 0 Å². The number of sulfonamides is 1. The van der Waals surface area contributed by atoms with Gasteiger partial charge in [0.25, 0.3) is 5.56 Å². The van der Waals surface area contributed by atoms with Gasteiger partial charge in [-0.25, -0.2) is 17.8 Å². The molecule has 1 saturated carbocycles. The molecule has 2 aromatic carbocycles. The maximum atomic E-state index is 15.2. The lowest BCUT2D eigenvalue weighted by Gasteiger charge is -2.30. The number of nitrogens with zero attached hydrogens (tertiary/aromatic N) is 3. The first-order chi connectivity index (χ1) is 21.6. The Morgan fingerprint density at radius 1 is 1.04 bits per heavy atom. The molecule has 3 N–H and O–H groups in total. The van der Waals surface area contributed by atoms with Crippen LogP contribution in [-0.4, -0.2) is 55.3 Å². The summed E-state index contributed by atoms with van der Waals surface area (Å²) in [7, 11) is -2.13. The lowest BCUT2D eigenvalue weighted by Crippen LogP contribution is -2.37. The number of aromatic nitrogens is 3. The summed E-state index contributed by atoms with van der Waals surface area (Å²) < 4.78 is 49.6. The zero-order chi connectivity index (χ0) is 32.0. The summed E-state index contributed by atoms with van der Waals surface area (Å²) in [5, 5.41) is 7.70. The molecule has 5 rings (SSSR count). The molecule has 4 aromatic rings. The van der Waals surface area contributed by atoms with Gasteiger partial charge in [-0.3, -0.25) is 14.1 Å². The van der Waals surface area contributed by atoms with E-state index in [0.29, 0.717) is 34.2 Å². The molecule has 0 aliphatic heterocycles. The number of ether oxygens (including phenoxy) is 1. The smallest absolute Gasteiger partial charge is 0.260 e. The maximum Gasteiger partial charge on any atom is 0.260 e. The Morgan fingerprint density at radius 3 is 2.43 bits per heavy atom. The molecule has 0 radical (unpaired) electrons. The molecule has 248 valence electrons. The van der Waals surface area contributed by atoms with E-state index in [-0.39, 0.29) is 47.1 Å². The van der Waals surface area contributed by atoms with Crippen LogP contribution in [0, 0.1) is 5.82 Å². The van der Waals surface area contributed by atoms with E-state index in [1.807, 2.05) is 13.8 Å². The molecule has 1 fully saturated rings. The summed E-state index contributed by atoms with van der Waals surface area (Å²) >= 11 is 0. The Labute approximate surface area is 275 Å². The Morgan fingerprint density at radius 2 is 1.76 bits per heavy atom. The van der Waals surface area contributed by atoms with Gasteiger partial charge < -0.3 is 15.4 Å². The van der Waals surface area contributed by atoms with Crippen LogP contribution in [0.25, 0.3) is 22.2 Å². The highest BCUT2D eigenvalue weighted by atomic mass is 35.5. The summed E-state index contributed by atoms with van der Waals surface area (Å²) in [6.45, 7) is 5.50. The molecule has 0 amide bonds. The Bertz CT molecular complexity index is 1780. The maximum absolute atomic E-state index is 15.2. The molecular formula is C33H42ClFN6O4S. The van der Waals surface area contributed by atoms with Crippen LogP contribution in [0.1, 0.15) is 57.6 Å². The van der Waals surface area contributed by atoms with Gasteiger partial charge in [-0.1, -0.05) is 36.4 Å². The highest BCUT2D eigenvalue weighted by Crippen LogP contribution is 2.27. The first-order valence-corrected chi connectivity index (χ1v) is 17.0. The van der Waals surface area contributed by atoms with Gasteiger partial charge in [0.2, 0.25) is 16.0 Å². The van der Waals surface area contributed by atoms with Crippen molar-refractivity contribution in [1.82, 2.24) is 19.9 Å². The van der Waals surface area contributed by atoms with Crippen molar-refractivity contribution in [2.75, 3.05) is 30.3 Å². The Hall–Kier alpha value is -3.58. The Balaban J connectivity index is 0.00000480. The minimum atomic E-state index is -3.85. The predicted molar refractivity (Wildman–Crippen MR) is 184 cm³/mol. The molecule has 0 unspecified atom stereocenters. The number of hydrogen-bond donors (Lipinski definition) is 3. The molecule has 0 bridgehead atoms. The fourth-order valence-corrected chi connectivity index (χ4v) is 6.99. The van der Waals surface area contributed by atoms with Gasteiger partial charge in [0.05, 0.1) is 11.4 Å². The number of halogens is 2. The normalized spacial score (nSPS) is 16.7. The van der Waals surface area contributed by atoms with Gasteiger partial charge in [0.1, 0.15) is 11.5 Å². The summed E-state index contributed by atoms with van der Waals surface area (Å²) in [5.41, 5.74) is 1.18. The van der Waals surface area contributed by atoms with Gasteiger partial charge in [-0.15, -0.1) is 12.4 Å². The molecule has 0 atom stereocenters. The number of hydrogen-bond acceptors (Lipinski definition) is 8. The van der Waals surface area contributed by atoms with E-state index in [1.165, 1.54) is 18.2 Å². The molecular weight excluding hydrogens is 631 g/mol. The number of pyridine rings is 1. The zero-order valence-corrected chi connectivity index (χ0v) is 28.0. The van der Waals surface area contributed by atoms with Crippen LogP contribution in [0.2, 0.25) is 0 Å². The van der Waals surface area contributed by atoms with Crippen LogP contribution < -0.4 is 20.9 Å². The van der Waals surface area contributed by atoms with Crippen LogP contribution in [-0.2, 0) is 20.5 Å². The van der Waals surface area contributed by atoms with Crippen molar-refractivity contribution in [1.29, 1.82) is 0 Å². The van der Waals surface area contributed by atoms with Gasteiger partial charge in [0, 0.05) is 49.0 Å². The van der Waals surface area contributed by atoms with Crippen molar-refractivity contribution in [3.8, 4) is 11.1 Å². The highest BCUT2D eigenvalue weighted by molar-refractivity contribution is 7.91. The summed E-state index contributed by atoms with van der Waals surface area (Å²) in [4.78, 5) is 23.0. The number of methoxy groups -OCH3 is 1. The second kappa shape index (κ2) is 15.8. The minimum Gasteiger partial charge on any atom is -0.385 e. The topological polar surface area (TPSA) is 127 Å². The van der Waals surface area contributed by atoms with Crippen LogP contribution in [0.3, 0.4) is 0 Å². The first-order valence-electron chi connectivity index (χ1n) is 15.4. The second-order valence-electron chi connectivity index (χ2n) is 11.8.